The molecule has 1 aromatic carbocycles. The van der Waals surface area contributed by atoms with Gasteiger partial charge in [-0.2, -0.15) is 4.31 Å². The number of amides is 2. The smallest absolute Gasteiger partial charge is 0.244 e. The quantitative estimate of drug-likeness (QED) is 0.699. The van der Waals surface area contributed by atoms with Crippen molar-refractivity contribution in [3.05, 3.63) is 23.2 Å². The first-order valence-electron chi connectivity index (χ1n) is 8.71. The van der Waals surface area contributed by atoms with Crippen molar-refractivity contribution in [2.24, 2.45) is 0 Å². The molecule has 2 rings (SSSR count). The van der Waals surface area contributed by atoms with E-state index in [2.05, 4.69) is 10.6 Å². The highest BCUT2D eigenvalue weighted by atomic mass is 35.5. The molecule has 0 unspecified atom stereocenters. The van der Waals surface area contributed by atoms with Gasteiger partial charge in [0.2, 0.25) is 21.8 Å². The van der Waals surface area contributed by atoms with Crippen LogP contribution >= 0.6 is 11.6 Å². The molecule has 1 aliphatic rings. The average Bonchev–Trinajstić information content (AvgIpc) is 3.15. The molecule has 1 aromatic rings. The number of hydrogen-bond acceptors (Lipinski definition) is 4. The van der Waals surface area contributed by atoms with E-state index >= 15 is 0 Å². The fourth-order valence-electron chi connectivity index (χ4n) is 2.65. The maximum absolute atomic E-state index is 12.7. The lowest BCUT2D eigenvalue weighted by atomic mass is 10.2. The van der Waals surface area contributed by atoms with Gasteiger partial charge >= 0.3 is 0 Å². The normalized spacial score (nSPS) is 15.0. The van der Waals surface area contributed by atoms with Crippen LogP contribution in [0.1, 0.15) is 39.0 Å². The van der Waals surface area contributed by atoms with Gasteiger partial charge in [0.15, 0.2) is 0 Å². The molecule has 0 spiro atoms. The van der Waals surface area contributed by atoms with E-state index in [1.54, 1.807) is 6.07 Å². The van der Waals surface area contributed by atoms with E-state index in [1.165, 1.54) is 16.4 Å². The average molecular weight is 402 g/mol. The summed E-state index contributed by atoms with van der Waals surface area (Å²) in [4.78, 5) is 23.5. The van der Waals surface area contributed by atoms with Crippen LogP contribution in [-0.4, -0.2) is 44.2 Å². The number of halogens is 1. The predicted octanol–water partition coefficient (Wildman–Crippen LogP) is 2.37. The first kappa shape index (κ1) is 20.7. The zero-order valence-electron chi connectivity index (χ0n) is 14.8. The van der Waals surface area contributed by atoms with Crippen LogP contribution in [0.4, 0.5) is 5.69 Å². The molecular formula is C17H24ClN3O4S. The topological polar surface area (TPSA) is 95.6 Å². The SMILES string of the molecule is CCCNC(=O)CCC(=O)Nc1ccc(Cl)c(S(=O)(=O)N2CCCC2)c1. The van der Waals surface area contributed by atoms with Gasteiger partial charge in [0, 0.05) is 38.2 Å². The van der Waals surface area contributed by atoms with Crippen molar-refractivity contribution in [2.45, 2.75) is 43.9 Å². The van der Waals surface area contributed by atoms with Gasteiger partial charge in [-0.15, -0.1) is 0 Å². The van der Waals surface area contributed by atoms with E-state index in [1.807, 2.05) is 6.92 Å². The molecule has 144 valence electrons. The van der Waals surface area contributed by atoms with E-state index in [4.69, 9.17) is 11.6 Å². The van der Waals surface area contributed by atoms with Gasteiger partial charge < -0.3 is 10.6 Å². The van der Waals surface area contributed by atoms with Crippen molar-refractivity contribution in [3.8, 4) is 0 Å². The van der Waals surface area contributed by atoms with Crippen molar-refractivity contribution >= 4 is 39.1 Å². The van der Waals surface area contributed by atoms with Crippen LogP contribution in [0.2, 0.25) is 5.02 Å². The summed E-state index contributed by atoms with van der Waals surface area (Å²) in [7, 11) is -3.68. The van der Waals surface area contributed by atoms with Gasteiger partial charge in [-0.25, -0.2) is 8.42 Å². The molecule has 1 saturated heterocycles. The molecule has 0 atom stereocenters. The minimum atomic E-state index is -3.68. The Kier molecular flexibility index (Phi) is 7.43. The Morgan fingerprint density at radius 1 is 1.15 bits per heavy atom. The van der Waals surface area contributed by atoms with Gasteiger partial charge in [0.05, 0.1) is 5.02 Å². The second kappa shape index (κ2) is 9.34. The molecule has 7 nitrogen and oxygen atoms in total. The molecule has 0 radical (unpaired) electrons. The lowest BCUT2D eigenvalue weighted by Crippen LogP contribution is -2.28. The van der Waals surface area contributed by atoms with Crippen LogP contribution in [0.25, 0.3) is 0 Å². The number of carbonyl (C=O) groups excluding carboxylic acids is 2. The van der Waals surface area contributed by atoms with Crippen molar-refractivity contribution in [2.75, 3.05) is 25.0 Å². The minimum Gasteiger partial charge on any atom is -0.356 e. The first-order valence-corrected chi connectivity index (χ1v) is 10.5. The largest absolute Gasteiger partial charge is 0.356 e. The standard InChI is InChI=1S/C17H24ClN3O4S/c1-2-9-19-16(22)7-8-17(23)20-13-5-6-14(18)15(12-13)26(24,25)21-10-3-4-11-21/h5-6,12H,2-4,7-11H2,1H3,(H,19,22)(H,20,23). The molecule has 2 N–H and O–H groups in total. The third kappa shape index (κ3) is 5.43. The Bertz CT molecular complexity index is 761. The number of benzene rings is 1. The highest BCUT2D eigenvalue weighted by molar-refractivity contribution is 7.89. The summed E-state index contributed by atoms with van der Waals surface area (Å²) in [6.45, 7) is 3.47. The number of carbonyl (C=O) groups is 2. The monoisotopic (exact) mass is 401 g/mol. The Hall–Kier alpha value is -1.64. The lowest BCUT2D eigenvalue weighted by Gasteiger charge is -2.17. The summed E-state index contributed by atoms with van der Waals surface area (Å²) in [5.74, 6) is -0.543. The summed E-state index contributed by atoms with van der Waals surface area (Å²) in [6.07, 6.45) is 2.59. The third-order valence-corrected chi connectivity index (χ3v) is 6.43. The third-order valence-electron chi connectivity index (χ3n) is 4.05. The number of sulfonamides is 1. The Balaban J connectivity index is 2.02. The van der Waals surface area contributed by atoms with Crippen molar-refractivity contribution < 1.29 is 18.0 Å². The summed E-state index contributed by atoms with van der Waals surface area (Å²) in [5, 5.41) is 5.44. The van der Waals surface area contributed by atoms with Crippen LogP contribution in [0, 0.1) is 0 Å². The van der Waals surface area contributed by atoms with Gasteiger partial charge in [-0.05, 0) is 37.5 Å². The summed E-state index contributed by atoms with van der Waals surface area (Å²) in [5.41, 5.74) is 0.339. The summed E-state index contributed by atoms with van der Waals surface area (Å²) in [6, 6.07) is 4.36. The van der Waals surface area contributed by atoms with E-state index in [9.17, 15) is 18.0 Å². The van der Waals surface area contributed by atoms with Crippen molar-refractivity contribution in [1.82, 2.24) is 9.62 Å². The van der Waals surface area contributed by atoms with E-state index in [0.29, 0.717) is 25.3 Å². The van der Waals surface area contributed by atoms with Crippen LogP contribution in [0.15, 0.2) is 23.1 Å². The molecule has 2 amide bonds. The van der Waals surface area contributed by atoms with Crippen LogP contribution in [-0.2, 0) is 19.6 Å². The van der Waals surface area contributed by atoms with Gasteiger partial charge in [-0.3, -0.25) is 9.59 Å². The number of nitrogens with one attached hydrogen (secondary N) is 2. The maximum Gasteiger partial charge on any atom is 0.244 e. The second-order valence-corrected chi connectivity index (χ2v) is 8.47. The van der Waals surface area contributed by atoms with E-state index < -0.39 is 10.0 Å². The Labute approximate surface area is 159 Å². The fourth-order valence-corrected chi connectivity index (χ4v) is 4.67. The number of rotatable bonds is 8. The van der Waals surface area contributed by atoms with Crippen molar-refractivity contribution in [3.63, 3.8) is 0 Å². The number of anilines is 1. The Morgan fingerprint density at radius 2 is 1.81 bits per heavy atom. The van der Waals surface area contributed by atoms with E-state index in [0.717, 1.165) is 19.3 Å². The maximum atomic E-state index is 12.7. The minimum absolute atomic E-state index is 0.0143. The second-order valence-electron chi connectivity index (χ2n) is 6.15. The summed E-state index contributed by atoms with van der Waals surface area (Å²) < 4.78 is 26.8. The van der Waals surface area contributed by atoms with Gasteiger partial charge in [0.1, 0.15) is 4.90 Å². The zero-order chi connectivity index (χ0) is 19.2. The molecule has 26 heavy (non-hydrogen) atoms. The molecule has 1 aliphatic heterocycles. The number of hydrogen-bond donors (Lipinski definition) is 2. The first-order chi connectivity index (χ1) is 12.3. The highest BCUT2D eigenvalue weighted by Crippen LogP contribution is 2.29. The van der Waals surface area contributed by atoms with E-state index in [-0.39, 0.29) is 34.6 Å². The predicted molar refractivity (Wildman–Crippen MR) is 101 cm³/mol. The molecule has 0 aliphatic carbocycles. The zero-order valence-corrected chi connectivity index (χ0v) is 16.3. The molecule has 0 aromatic heterocycles. The molecule has 1 heterocycles. The lowest BCUT2D eigenvalue weighted by molar-refractivity contribution is -0.124. The van der Waals surface area contributed by atoms with Crippen LogP contribution in [0.5, 0.6) is 0 Å². The fraction of sp³-hybridized carbons (Fsp3) is 0.529. The molecular weight excluding hydrogens is 378 g/mol. The van der Waals surface area contributed by atoms with Crippen LogP contribution in [0.3, 0.4) is 0 Å². The molecule has 1 fully saturated rings. The molecule has 0 bridgehead atoms. The van der Waals surface area contributed by atoms with Gasteiger partial charge in [-0.1, -0.05) is 18.5 Å². The van der Waals surface area contributed by atoms with Crippen LogP contribution < -0.4 is 10.6 Å². The Morgan fingerprint density at radius 3 is 2.46 bits per heavy atom. The molecule has 0 saturated carbocycles. The number of nitrogens with zero attached hydrogens (tertiary/aromatic N) is 1. The molecule has 9 heteroatoms. The van der Waals surface area contributed by atoms with Crippen molar-refractivity contribution in [1.29, 1.82) is 0 Å². The van der Waals surface area contributed by atoms with Gasteiger partial charge in [0.25, 0.3) is 0 Å². The summed E-state index contributed by atoms with van der Waals surface area (Å²) >= 11 is 6.08. The highest BCUT2D eigenvalue weighted by Gasteiger charge is 2.29.